The minimum Gasteiger partial charge on any atom is -0.485 e. The number of para-hydroxylation sites is 2. The molecule has 0 saturated carbocycles. The summed E-state index contributed by atoms with van der Waals surface area (Å²) in [7, 11) is 0. The van der Waals surface area contributed by atoms with E-state index in [1.54, 1.807) is 24.3 Å². The van der Waals surface area contributed by atoms with Crippen LogP contribution in [0.4, 0.5) is 15.8 Å². The van der Waals surface area contributed by atoms with Crippen molar-refractivity contribution in [2.24, 2.45) is 0 Å². The number of carbonyl (C=O) groups is 2. The Morgan fingerprint density at radius 2 is 1.92 bits per heavy atom. The molecule has 6 nitrogen and oxygen atoms in total. The number of amides is 2. The standard InChI is InChI=1S/C18H15FN2O4/c1-2-17(22)21-13-9-11(7-8-12(13)19)20-18(23)16-10-24-14-5-3-4-6-15(14)25-16/h2-9,16H,1,10H2,(H,20,23)(H,21,22). The zero-order valence-electron chi connectivity index (χ0n) is 13.1. The van der Waals surface area contributed by atoms with Crippen LogP contribution in [-0.2, 0) is 9.59 Å². The molecule has 1 atom stereocenters. The molecule has 0 saturated heterocycles. The van der Waals surface area contributed by atoms with Crippen molar-refractivity contribution in [1.29, 1.82) is 0 Å². The molecule has 0 radical (unpaired) electrons. The Labute approximate surface area is 143 Å². The van der Waals surface area contributed by atoms with Crippen LogP contribution in [0.5, 0.6) is 11.5 Å². The number of hydrogen-bond donors (Lipinski definition) is 2. The van der Waals surface area contributed by atoms with Crippen LogP contribution in [0.2, 0.25) is 0 Å². The van der Waals surface area contributed by atoms with Crippen molar-refractivity contribution in [2.45, 2.75) is 6.10 Å². The summed E-state index contributed by atoms with van der Waals surface area (Å²) in [6, 6.07) is 10.9. The summed E-state index contributed by atoms with van der Waals surface area (Å²) in [4.78, 5) is 23.6. The van der Waals surface area contributed by atoms with E-state index in [9.17, 15) is 14.0 Å². The summed E-state index contributed by atoms with van der Waals surface area (Å²) in [5.74, 6) is -0.570. The molecular weight excluding hydrogens is 327 g/mol. The molecule has 0 spiro atoms. The molecule has 2 aromatic carbocycles. The van der Waals surface area contributed by atoms with Crippen LogP contribution in [0.1, 0.15) is 0 Å². The molecule has 3 rings (SSSR count). The van der Waals surface area contributed by atoms with Crippen LogP contribution in [0.15, 0.2) is 55.1 Å². The first kappa shape index (κ1) is 16.5. The van der Waals surface area contributed by atoms with Crippen molar-refractivity contribution in [3.63, 3.8) is 0 Å². The maximum absolute atomic E-state index is 13.7. The predicted molar refractivity (Wildman–Crippen MR) is 90.2 cm³/mol. The number of ether oxygens (including phenoxy) is 2. The fourth-order valence-electron chi connectivity index (χ4n) is 2.25. The molecule has 0 bridgehead atoms. The van der Waals surface area contributed by atoms with E-state index in [1.165, 1.54) is 12.1 Å². The number of carbonyl (C=O) groups excluding carboxylic acids is 2. The number of halogens is 1. The summed E-state index contributed by atoms with van der Waals surface area (Å²) in [5.41, 5.74) is 0.252. The first-order chi connectivity index (χ1) is 12.1. The topological polar surface area (TPSA) is 76.7 Å². The summed E-state index contributed by atoms with van der Waals surface area (Å²) in [5, 5.41) is 4.94. The normalized spacial score (nSPS) is 15.2. The van der Waals surface area contributed by atoms with Gasteiger partial charge in [-0.25, -0.2) is 4.39 Å². The van der Waals surface area contributed by atoms with E-state index >= 15 is 0 Å². The van der Waals surface area contributed by atoms with Gasteiger partial charge in [-0.15, -0.1) is 0 Å². The van der Waals surface area contributed by atoms with Gasteiger partial charge in [-0.1, -0.05) is 18.7 Å². The largest absolute Gasteiger partial charge is 0.485 e. The minimum absolute atomic E-state index is 0.0596. The fourth-order valence-corrected chi connectivity index (χ4v) is 2.25. The molecular formula is C18H15FN2O4. The highest BCUT2D eigenvalue weighted by atomic mass is 19.1. The zero-order valence-corrected chi connectivity index (χ0v) is 13.1. The summed E-state index contributed by atoms with van der Waals surface area (Å²) < 4.78 is 24.8. The molecule has 25 heavy (non-hydrogen) atoms. The highest BCUT2D eigenvalue weighted by molar-refractivity contribution is 6.00. The molecule has 1 aliphatic rings. The van der Waals surface area contributed by atoms with E-state index in [0.29, 0.717) is 17.2 Å². The lowest BCUT2D eigenvalue weighted by molar-refractivity contribution is -0.125. The molecule has 1 aliphatic heterocycles. The number of fused-ring (bicyclic) bond motifs is 1. The summed E-state index contributed by atoms with van der Waals surface area (Å²) in [6.45, 7) is 3.36. The summed E-state index contributed by atoms with van der Waals surface area (Å²) in [6.07, 6.45) is 0.182. The highest BCUT2D eigenvalue weighted by Crippen LogP contribution is 2.31. The molecule has 2 aromatic rings. The van der Waals surface area contributed by atoms with Crippen molar-refractivity contribution < 1.29 is 23.5 Å². The van der Waals surface area contributed by atoms with Crippen LogP contribution in [0.3, 0.4) is 0 Å². The van der Waals surface area contributed by atoms with E-state index in [4.69, 9.17) is 9.47 Å². The Balaban J connectivity index is 1.70. The van der Waals surface area contributed by atoms with Crippen LogP contribution in [0, 0.1) is 5.82 Å². The Bertz CT molecular complexity index is 838. The number of nitrogens with one attached hydrogen (secondary N) is 2. The highest BCUT2D eigenvalue weighted by Gasteiger charge is 2.27. The third kappa shape index (κ3) is 3.77. The monoisotopic (exact) mass is 342 g/mol. The molecule has 2 N–H and O–H groups in total. The Kier molecular flexibility index (Phi) is 4.65. The maximum atomic E-state index is 13.7. The third-order valence-corrected chi connectivity index (χ3v) is 3.48. The third-order valence-electron chi connectivity index (χ3n) is 3.48. The lowest BCUT2D eigenvalue weighted by Crippen LogP contribution is -2.40. The average Bonchev–Trinajstić information content (AvgIpc) is 2.63. The number of anilines is 2. The van der Waals surface area contributed by atoms with Gasteiger partial charge in [-0.05, 0) is 36.4 Å². The van der Waals surface area contributed by atoms with Gasteiger partial charge in [0, 0.05) is 5.69 Å². The van der Waals surface area contributed by atoms with Crippen LogP contribution in [0.25, 0.3) is 0 Å². The van der Waals surface area contributed by atoms with E-state index in [0.717, 1.165) is 12.1 Å². The van der Waals surface area contributed by atoms with Crippen molar-refractivity contribution in [3.8, 4) is 11.5 Å². The van der Waals surface area contributed by atoms with Gasteiger partial charge in [0.2, 0.25) is 12.0 Å². The van der Waals surface area contributed by atoms with Gasteiger partial charge in [0.25, 0.3) is 5.91 Å². The van der Waals surface area contributed by atoms with Gasteiger partial charge < -0.3 is 20.1 Å². The number of benzene rings is 2. The first-order valence-electron chi connectivity index (χ1n) is 7.49. The van der Waals surface area contributed by atoms with Gasteiger partial charge in [0.1, 0.15) is 12.4 Å². The van der Waals surface area contributed by atoms with E-state index in [2.05, 4.69) is 17.2 Å². The smallest absolute Gasteiger partial charge is 0.269 e. The molecule has 2 amide bonds. The van der Waals surface area contributed by atoms with E-state index in [-0.39, 0.29) is 12.3 Å². The van der Waals surface area contributed by atoms with E-state index in [1.807, 2.05) is 0 Å². The average molecular weight is 342 g/mol. The van der Waals surface area contributed by atoms with Gasteiger partial charge in [0.15, 0.2) is 11.5 Å². The first-order valence-corrected chi connectivity index (χ1v) is 7.49. The lowest BCUT2D eigenvalue weighted by atomic mass is 10.2. The van der Waals surface area contributed by atoms with Crippen molar-refractivity contribution in [1.82, 2.24) is 0 Å². The maximum Gasteiger partial charge on any atom is 0.269 e. The quantitative estimate of drug-likeness (QED) is 0.838. The van der Waals surface area contributed by atoms with E-state index < -0.39 is 23.7 Å². The molecule has 0 fully saturated rings. The SMILES string of the molecule is C=CC(=O)Nc1cc(NC(=O)C2COc3ccccc3O2)ccc1F. The molecule has 0 aromatic heterocycles. The second kappa shape index (κ2) is 7.04. The van der Waals surface area contributed by atoms with Crippen molar-refractivity contribution in [2.75, 3.05) is 17.2 Å². The van der Waals surface area contributed by atoms with Crippen molar-refractivity contribution >= 4 is 23.2 Å². The molecule has 128 valence electrons. The minimum atomic E-state index is -0.842. The van der Waals surface area contributed by atoms with Crippen LogP contribution in [-0.4, -0.2) is 24.5 Å². The van der Waals surface area contributed by atoms with Crippen molar-refractivity contribution in [3.05, 3.63) is 60.9 Å². The van der Waals surface area contributed by atoms with Crippen LogP contribution >= 0.6 is 0 Å². The van der Waals surface area contributed by atoms with Gasteiger partial charge >= 0.3 is 0 Å². The lowest BCUT2D eigenvalue weighted by Gasteiger charge is -2.25. The number of rotatable bonds is 4. The number of hydrogen-bond acceptors (Lipinski definition) is 4. The predicted octanol–water partition coefficient (Wildman–Crippen LogP) is 2.73. The second-order valence-electron chi connectivity index (χ2n) is 5.24. The van der Waals surface area contributed by atoms with Gasteiger partial charge in [-0.3, -0.25) is 9.59 Å². The molecule has 7 heteroatoms. The molecule has 1 unspecified atom stereocenters. The Morgan fingerprint density at radius 3 is 2.68 bits per heavy atom. The Morgan fingerprint density at radius 1 is 1.16 bits per heavy atom. The molecule has 0 aliphatic carbocycles. The fraction of sp³-hybridized carbons (Fsp3) is 0.111. The van der Waals surface area contributed by atoms with Gasteiger partial charge in [0.05, 0.1) is 5.69 Å². The second-order valence-corrected chi connectivity index (χ2v) is 5.24. The summed E-state index contributed by atoms with van der Waals surface area (Å²) >= 11 is 0. The van der Waals surface area contributed by atoms with Gasteiger partial charge in [-0.2, -0.15) is 0 Å². The Hall–Kier alpha value is -3.35. The van der Waals surface area contributed by atoms with Crippen LogP contribution < -0.4 is 20.1 Å². The zero-order chi connectivity index (χ0) is 17.8. The molecule has 1 heterocycles.